The Kier molecular flexibility index (Phi) is 10.6. The maximum Gasteiger partial charge on any atom is 0.0513 e. The number of allylic oxidation sites excluding steroid dienone is 3. The molecule has 0 fully saturated rings. The number of thiol groups is 1. The zero-order valence-corrected chi connectivity index (χ0v) is 13.0. The molecule has 1 aliphatic carbocycles. The molecule has 0 amide bonds. The molecule has 0 aromatic heterocycles. The van der Waals surface area contributed by atoms with Gasteiger partial charge in [-0.25, -0.2) is 0 Å². The van der Waals surface area contributed by atoms with Crippen LogP contribution in [0.25, 0.3) is 0 Å². The van der Waals surface area contributed by atoms with E-state index in [1.165, 1.54) is 17.6 Å². The molecule has 1 unspecified atom stereocenters. The molecule has 1 atom stereocenters. The summed E-state index contributed by atoms with van der Waals surface area (Å²) < 4.78 is 0. The van der Waals surface area contributed by atoms with Crippen LogP contribution in [0.5, 0.6) is 0 Å². The van der Waals surface area contributed by atoms with Gasteiger partial charge in [0.25, 0.3) is 0 Å². The Morgan fingerprint density at radius 1 is 0.944 bits per heavy atom. The van der Waals surface area contributed by atoms with Crippen molar-refractivity contribution in [1.82, 2.24) is 0 Å². The zero-order valence-electron chi connectivity index (χ0n) is 12.1. The summed E-state index contributed by atoms with van der Waals surface area (Å²) >= 11 is 4.64. The molecule has 1 aromatic carbocycles. The minimum Gasteiger partial charge on any atom is -0.166 e. The first kappa shape index (κ1) is 17.1. The Morgan fingerprint density at radius 2 is 1.56 bits per heavy atom. The van der Waals surface area contributed by atoms with Crippen molar-refractivity contribution in [2.24, 2.45) is 0 Å². The molecule has 18 heavy (non-hydrogen) atoms. The van der Waals surface area contributed by atoms with E-state index in [0.717, 1.165) is 6.42 Å². The molecule has 0 saturated heterocycles. The summed E-state index contributed by atoms with van der Waals surface area (Å²) in [5, 5.41) is 0.229. The predicted octanol–water partition coefficient (Wildman–Crippen LogP) is 5.99. The van der Waals surface area contributed by atoms with E-state index in [2.05, 4.69) is 55.1 Å². The highest BCUT2D eigenvalue weighted by molar-refractivity contribution is 7.80. The molecule has 0 radical (unpaired) electrons. The lowest BCUT2D eigenvalue weighted by molar-refractivity contribution is 0.989. The highest BCUT2D eigenvalue weighted by Crippen LogP contribution is 2.30. The minimum atomic E-state index is 0.229. The van der Waals surface area contributed by atoms with Crippen molar-refractivity contribution < 1.29 is 0 Å². The first-order valence-electron chi connectivity index (χ1n) is 6.97. The van der Waals surface area contributed by atoms with Crippen molar-refractivity contribution in [3.05, 3.63) is 59.7 Å². The summed E-state index contributed by atoms with van der Waals surface area (Å²) in [4.78, 5) is 0. The van der Waals surface area contributed by atoms with Crippen LogP contribution < -0.4 is 0 Å². The smallest absolute Gasteiger partial charge is 0.0513 e. The molecular formula is C17H26S. The van der Waals surface area contributed by atoms with Crippen LogP contribution in [0.1, 0.15) is 51.3 Å². The van der Waals surface area contributed by atoms with Gasteiger partial charge in [-0.1, -0.05) is 76.3 Å². The van der Waals surface area contributed by atoms with Gasteiger partial charge in [0.2, 0.25) is 0 Å². The molecule has 1 aromatic rings. The van der Waals surface area contributed by atoms with Crippen molar-refractivity contribution in [2.45, 2.75) is 45.8 Å². The number of hydrogen-bond acceptors (Lipinski definition) is 1. The molecule has 0 nitrogen and oxygen atoms in total. The lowest BCUT2D eigenvalue weighted by Crippen LogP contribution is -1.95. The normalized spacial score (nSPS) is 14.4. The fourth-order valence-corrected chi connectivity index (χ4v) is 2.03. The number of hydrogen-bond donors (Lipinski definition) is 1. The first-order chi connectivity index (χ1) is 8.88. The third kappa shape index (κ3) is 5.59. The fraction of sp³-hybridized carbons (Fsp3) is 0.412. The van der Waals surface area contributed by atoms with E-state index in [-0.39, 0.29) is 5.25 Å². The Morgan fingerprint density at radius 3 is 2.06 bits per heavy atom. The molecule has 0 spiro atoms. The fourth-order valence-electron chi connectivity index (χ4n) is 1.66. The van der Waals surface area contributed by atoms with E-state index in [4.69, 9.17) is 0 Å². The quantitative estimate of drug-likeness (QED) is 0.622. The van der Waals surface area contributed by atoms with Gasteiger partial charge in [-0.2, -0.15) is 12.6 Å². The molecule has 100 valence electrons. The van der Waals surface area contributed by atoms with Gasteiger partial charge in [0, 0.05) is 0 Å². The molecule has 1 aliphatic rings. The van der Waals surface area contributed by atoms with Crippen LogP contribution in [-0.4, -0.2) is 0 Å². The Hall–Kier alpha value is -0.950. The van der Waals surface area contributed by atoms with Crippen LogP contribution in [0.15, 0.2) is 54.1 Å². The second kappa shape index (κ2) is 11.2. The molecular weight excluding hydrogens is 236 g/mol. The van der Waals surface area contributed by atoms with Crippen LogP contribution in [-0.2, 0) is 0 Å². The van der Waals surface area contributed by atoms with Crippen LogP contribution in [0.4, 0.5) is 0 Å². The Balaban J connectivity index is 0.000000659. The van der Waals surface area contributed by atoms with E-state index in [1.807, 2.05) is 33.8 Å². The highest BCUT2D eigenvalue weighted by Gasteiger charge is 2.10. The Bertz CT molecular complexity index is 349. The SMILES string of the molecule is CC.CC.SC(C1=CCCC=C1)c1ccccc1. The largest absolute Gasteiger partial charge is 0.166 e. The van der Waals surface area contributed by atoms with Gasteiger partial charge in [-0.3, -0.25) is 0 Å². The van der Waals surface area contributed by atoms with Crippen LogP contribution in [0, 0.1) is 0 Å². The summed E-state index contributed by atoms with van der Waals surface area (Å²) in [6, 6.07) is 10.4. The molecule has 0 aliphatic heterocycles. The maximum absolute atomic E-state index is 4.64. The van der Waals surface area contributed by atoms with E-state index in [9.17, 15) is 0 Å². The van der Waals surface area contributed by atoms with Crippen LogP contribution >= 0.6 is 12.6 Å². The predicted molar refractivity (Wildman–Crippen MR) is 87.3 cm³/mol. The maximum atomic E-state index is 4.64. The van der Waals surface area contributed by atoms with Crippen molar-refractivity contribution in [3.63, 3.8) is 0 Å². The second-order valence-corrected chi connectivity index (χ2v) is 4.01. The average Bonchev–Trinajstić information content (AvgIpc) is 2.52. The molecule has 0 heterocycles. The minimum absolute atomic E-state index is 0.229. The molecule has 0 bridgehead atoms. The molecule has 0 N–H and O–H groups in total. The summed E-state index contributed by atoms with van der Waals surface area (Å²) in [7, 11) is 0. The summed E-state index contributed by atoms with van der Waals surface area (Å²) in [5.74, 6) is 0. The van der Waals surface area contributed by atoms with Gasteiger partial charge >= 0.3 is 0 Å². The van der Waals surface area contributed by atoms with Crippen molar-refractivity contribution in [1.29, 1.82) is 0 Å². The van der Waals surface area contributed by atoms with E-state index < -0.39 is 0 Å². The van der Waals surface area contributed by atoms with Gasteiger partial charge in [-0.05, 0) is 24.0 Å². The monoisotopic (exact) mass is 262 g/mol. The summed E-state index contributed by atoms with van der Waals surface area (Å²) in [5.41, 5.74) is 2.60. The molecule has 2 rings (SSSR count). The topological polar surface area (TPSA) is 0 Å². The molecule has 0 saturated carbocycles. The highest BCUT2D eigenvalue weighted by atomic mass is 32.1. The third-order valence-electron chi connectivity index (χ3n) is 2.45. The van der Waals surface area contributed by atoms with Gasteiger partial charge in [0.1, 0.15) is 0 Å². The van der Waals surface area contributed by atoms with E-state index >= 15 is 0 Å². The van der Waals surface area contributed by atoms with Crippen LogP contribution in [0.2, 0.25) is 0 Å². The second-order valence-electron chi connectivity index (χ2n) is 3.50. The number of benzene rings is 1. The zero-order chi connectivity index (χ0) is 13.8. The lowest BCUT2D eigenvalue weighted by Gasteiger charge is -2.14. The number of rotatable bonds is 2. The van der Waals surface area contributed by atoms with Crippen LogP contribution in [0.3, 0.4) is 0 Å². The van der Waals surface area contributed by atoms with Crippen molar-refractivity contribution in [2.75, 3.05) is 0 Å². The van der Waals surface area contributed by atoms with Gasteiger partial charge in [0.15, 0.2) is 0 Å². The lowest BCUT2D eigenvalue weighted by atomic mass is 9.99. The van der Waals surface area contributed by atoms with Gasteiger partial charge < -0.3 is 0 Å². The average molecular weight is 262 g/mol. The first-order valence-corrected chi connectivity index (χ1v) is 7.49. The standard InChI is InChI=1S/C13H14S.2C2H6/c14-13(11-7-3-1-4-8-11)12-9-5-2-6-10-12;2*1-2/h1,3-5,7-10,13-14H,2,6H2;2*1-2H3. The van der Waals surface area contributed by atoms with E-state index in [0.29, 0.717) is 0 Å². The van der Waals surface area contributed by atoms with Gasteiger partial charge in [0.05, 0.1) is 5.25 Å². The summed E-state index contributed by atoms with van der Waals surface area (Å²) in [6.45, 7) is 8.00. The van der Waals surface area contributed by atoms with Gasteiger partial charge in [-0.15, -0.1) is 0 Å². The van der Waals surface area contributed by atoms with Crippen molar-refractivity contribution >= 4 is 12.6 Å². The van der Waals surface area contributed by atoms with Crippen molar-refractivity contribution in [3.8, 4) is 0 Å². The molecule has 1 heteroatoms. The van der Waals surface area contributed by atoms with E-state index in [1.54, 1.807) is 0 Å². The third-order valence-corrected chi connectivity index (χ3v) is 3.05. The summed E-state index contributed by atoms with van der Waals surface area (Å²) in [6.07, 6.45) is 9.01. The Labute approximate surface area is 118 Å².